The van der Waals surface area contributed by atoms with E-state index in [-0.39, 0.29) is 19.6 Å². The van der Waals surface area contributed by atoms with Crippen molar-refractivity contribution in [3.05, 3.63) is 35.9 Å². The number of rotatable bonds is 7. The zero-order valence-electron chi connectivity index (χ0n) is 10.4. The van der Waals surface area contributed by atoms with Crippen LogP contribution in [-0.4, -0.2) is 34.9 Å². The highest BCUT2D eigenvalue weighted by molar-refractivity contribution is 5.79. The van der Waals surface area contributed by atoms with Gasteiger partial charge in [-0.2, -0.15) is 0 Å². The van der Waals surface area contributed by atoms with Crippen LogP contribution in [0.1, 0.15) is 18.4 Å². The Labute approximate surface area is 111 Å². The molecule has 1 aromatic carbocycles. The van der Waals surface area contributed by atoms with E-state index in [0.29, 0.717) is 6.42 Å². The molecule has 0 unspecified atom stereocenters. The summed E-state index contributed by atoms with van der Waals surface area (Å²) in [6.45, 7) is -0.0382. The fourth-order valence-corrected chi connectivity index (χ4v) is 1.46. The lowest BCUT2D eigenvalue weighted by molar-refractivity contribution is -0.139. The van der Waals surface area contributed by atoms with E-state index in [0.717, 1.165) is 5.56 Å². The van der Waals surface area contributed by atoms with Gasteiger partial charge in [0.15, 0.2) is 0 Å². The minimum absolute atomic E-state index is 0.0824. The molecule has 104 valence electrons. The van der Waals surface area contributed by atoms with Gasteiger partial charge in [-0.3, -0.25) is 0 Å². The van der Waals surface area contributed by atoms with Gasteiger partial charge in [0.05, 0.1) is 0 Å². The van der Waals surface area contributed by atoms with Crippen molar-refractivity contribution in [1.82, 2.24) is 5.32 Å². The van der Waals surface area contributed by atoms with E-state index >= 15 is 0 Å². The van der Waals surface area contributed by atoms with Gasteiger partial charge in [-0.15, -0.1) is 0 Å². The number of aliphatic hydroxyl groups is 1. The molecule has 0 aliphatic carbocycles. The van der Waals surface area contributed by atoms with Crippen LogP contribution in [0.3, 0.4) is 0 Å². The third-order valence-electron chi connectivity index (χ3n) is 2.45. The zero-order valence-corrected chi connectivity index (χ0v) is 10.4. The highest BCUT2D eigenvalue weighted by Gasteiger charge is 2.19. The summed E-state index contributed by atoms with van der Waals surface area (Å²) in [5.41, 5.74) is 0.819. The first kappa shape index (κ1) is 15.0. The average Bonchev–Trinajstić information content (AvgIpc) is 2.42. The molecule has 6 nitrogen and oxygen atoms in total. The Hall–Kier alpha value is -2.08. The molecule has 0 radical (unpaired) electrons. The number of amides is 1. The van der Waals surface area contributed by atoms with Gasteiger partial charge < -0.3 is 20.3 Å². The Kier molecular flexibility index (Phi) is 6.38. The van der Waals surface area contributed by atoms with Crippen molar-refractivity contribution >= 4 is 12.1 Å². The summed E-state index contributed by atoms with van der Waals surface area (Å²) in [6.07, 6.45) is -0.323. The molecule has 0 aliphatic heterocycles. The first-order valence-corrected chi connectivity index (χ1v) is 5.94. The number of benzene rings is 1. The topological polar surface area (TPSA) is 95.9 Å². The molecule has 19 heavy (non-hydrogen) atoms. The van der Waals surface area contributed by atoms with Gasteiger partial charge in [-0.05, 0) is 18.4 Å². The molecule has 0 bridgehead atoms. The summed E-state index contributed by atoms with van der Waals surface area (Å²) in [5.74, 6) is -1.15. The van der Waals surface area contributed by atoms with Crippen LogP contribution >= 0.6 is 0 Å². The fraction of sp³-hybridized carbons (Fsp3) is 0.385. The molecule has 6 heteroatoms. The van der Waals surface area contributed by atoms with Crippen LogP contribution in [0.4, 0.5) is 4.79 Å². The maximum atomic E-state index is 11.4. The number of hydrogen-bond donors (Lipinski definition) is 3. The normalized spacial score (nSPS) is 11.6. The lowest BCUT2D eigenvalue weighted by Gasteiger charge is -2.13. The minimum Gasteiger partial charge on any atom is -0.480 e. The maximum Gasteiger partial charge on any atom is 0.408 e. The molecule has 1 aromatic rings. The fourth-order valence-electron chi connectivity index (χ4n) is 1.46. The Balaban J connectivity index is 2.38. The molecule has 3 N–H and O–H groups in total. The summed E-state index contributed by atoms with van der Waals surface area (Å²) < 4.78 is 4.91. The van der Waals surface area contributed by atoms with Crippen LogP contribution in [0, 0.1) is 0 Å². The summed E-state index contributed by atoms with van der Waals surface area (Å²) in [5, 5.41) is 19.8. The number of carboxylic acid groups (broad SMARTS) is 1. The molecule has 0 heterocycles. The highest BCUT2D eigenvalue weighted by atomic mass is 16.5. The molecule has 0 aliphatic rings. The SMILES string of the molecule is O=C(N[C@H](CCCO)C(=O)O)OCc1ccccc1. The van der Waals surface area contributed by atoms with Gasteiger partial charge in [0, 0.05) is 6.61 Å². The van der Waals surface area contributed by atoms with E-state index in [1.54, 1.807) is 12.1 Å². The average molecular weight is 267 g/mol. The van der Waals surface area contributed by atoms with E-state index in [4.69, 9.17) is 14.9 Å². The summed E-state index contributed by atoms with van der Waals surface area (Å²) >= 11 is 0. The van der Waals surface area contributed by atoms with Crippen LogP contribution in [0.25, 0.3) is 0 Å². The van der Waals surface area contributed by atoms with E-state index < -0.39 is 18.1 Å². The highest BCUT2D eigenvalue weighted by Crippen LogP contribution is 2.02. The predicted molar refractivity (Wildman–Crippen MR) is 67.5 cm³/mol. The second-order valence-corrected chi connectivity index (χ2v) is 3.96. The summed E-state index contributed by atoms with van der Waals surface area (Å²) in [7, 11) is 0. The molecule has 0 fully saturated rings. The molecule has 0 aromatic heterocycles. The number of alkyl carbamates (subject to hydrolysis) is 1. The Morgan fingerprint density at radius 3 is 2.53 bits per heavy atom. The minimum atomic E-state index is -1.15. The van der Waals surface area contributed by atoms with Gasteiger partial charge >= 0.3 is 12.1 Å². The van der Waals surface area contributed by atoms with Crippen molar-refractivity contribution in [2.45, 2.75) is 25.5 Å². The number of carbonyl (C=O) groups excluding carboxylic acids is 1. The number of ether oxygens (including phenoxy) is 1. The van der Waals surface area contributed by atoms with E-state index in [9.17, 15) is 9.59 Å². The van der Waals surface area contributed by atoms with Crippen LogP contribution < -0.4 is 5.32 Å². The number of nitrogens with one attached hydrogen (secondary N) is 1. The van der Waals surface area contributed by atoms with E-state index in [1.165, 1.54) is 0 Å². The van der Waals surface area contributed by atoms with Gasteiger partial charge in [-0.25, -0.2) is 9.59 Å². The molecule has 1 amide bonds. The molecule has 0 saturated carbocycles. The molecule has 1 rings (SSSR count). The molecule has 0 saturated heterocycles. The van der Waals surface area contributed by atoms with Crippen molar-refractivity contribution in [2.24, 2.45) is 0 Å². The van der Waals surface area contributed by atoms with Crippen molar-refractivity contribution in [3.63, 3.8) is 0 Å². The van der Waals surface area contributed by atoms with Crippen LogP contribution in [-0.2, 0) is 16.1 Å². The molecule has 1 atom stereocenters. The standard InChI is InChI=1S/C13H17NO5/c15-8-4-7-11(12(16)17)14-13(18)19-9-10-5-2-1-3-6-10/h1-3,5-6,11,15H,4,7-9H2,(H,14,18)(H,16,17)/t11-/m1/s1. The number of carboxylic acids is 1. The van der Waals surface area contributed by atoms with Gasteiger partial charge in [0.25, 0.3) is 0 Å². The monoisotopic (exact) mass is 267 g/mol. The maximum absolute atomic E-state index is 11.4. The molecule has 0 spiro atoms. The Morgan fingerprint density at radius 1 is 1.26 bits per heavy atom. The lowest BCUT2D eigenvalue weighted by Crippen LogP contribution is -2.41. The Bertz CT molecular complexity index is 407. The van der Waals surface area contributed by atoms with Crippen LogP contribution in [0.15, 0.2) is 30.3 Å². The second kappa shape index (κ2) is 8.10. The number of carbonyl (C=O) groups is 2. The van der Waals surface area contributed by atoms with Crippen molar-refractivity contribution in [1.29, 1.82) is 0 Å². The predicted octanol–water partition coefficient (Wildman–Crippen LogP) is 1.14. The number of hydrogen-bond acceptors (Lipinski definition) is 4. The van der Waals surface area contributed by atoms with Gasteiger partial charge in [0.1, 0.15) is 12.6 Å². The summed E-state index contributed by atoms with van der Waals surface area (Å²) in [6, 6.07) is 8.03. The third-order valence-corrected chi connectivity index (χ3v) is 2.45. The van der Waals surface area contributed by atoms with Gasteiger partial charge in [0.2, 0.25) is 0 Å². The third kappa shape index (κ3) is 5.87. The van der Waals surface area contributed by atoms with E-state index in [1.807, 2.05) is 18.2 Å². The zero-order chi connectivity index (χ0) is 14.1. The van der Waals surface area contributed by atoms with Crippen molar-refractivity contribution < 1.29 is 24.5 Å². The number of aliphatic hydroxyl groups excluding tert-OH is 1. The number of aliphatic carboxylic acids is 1. The smallest absolute Gasteiger partial charge is 0.408 e. The van der Waals surface area contributed by atoms with Crippen LogP contribution in [0.5, 0.6) is 0 Å². The second-order valence-electron chi connectivity index (χ2n) is 3.96. The summed E-state index contributed by atoms with van der Waals surface area (Å²) in [4.78, 5) is 22.3. The van der Waals surface area contributed by atoms with Gasteiger partial charge in [-0.1, -0.05) is 30.3 Å². The van der Waals surface area contributed by atoms with E-state index in [2.05, 4.69) is 5.32 Å². The quantitative estimate of drug-likeness (QED) is 0.688. The molecular formula is C13H17NO5. The first-order chi connectivity index (χ1) is 9.13. The van der Waals surface area contributed by atoms with Crippen molar-refractivity contribution in [3.8, 4) is 0 Å². The Morgan fingerprint density at radius 2 is 1.95 bits per heavy atom. The largest absolute Gasteiger partial charge is 0.480 e. The first-order valence-electron chi connectivity index (χ1n) is 5.94. The molecular weight excluding hydrogens is 250 g/mol. The lowest BCUT2D eigenvalue weighted by atomic mass is 10.1. The van der Waals surface area contributed by atoms with Crippen LogP contribution in [0.2, 0.25) is 0 Å². The van der Waals surface area contributed by atoms with Crippen molar-refractivity contribution in [2.75, 3.05) is 6.61 Å².